The lowest BCUT2D eigenvalue weighted by Gasteiger charge is -2.46. The van der Waals surface area contributed by atoms with Crippen molar-refractivity contribution in [3.63, 3.8) is 0 Å². The van der Waals surface area contributed by atoms with Crippen molar-refractivity contribution in [2.45, 2.75) is 43.1 Å². The molecule has 1 aliphatic heterocycles. The number of Topliss-reactive ketones (excluding diaryl/α,β-unsaturated/α-hetero) is 1. The van der Waals surface area contributed by atoms with Crippen LogP contribution in [0.1, 0.15) is 40.7 Å². The van der Waals surface area contributed by atoms with E-state index in [1.807, 2.05) is 20.2 Å². The second-order valence-corrected chi connectivity index (χ2v) is 13.2. The maximum Gasteiger partial charge on any atom is 0.253 e. The summed E-state index contributed by atoms with van der Waals surface area (Å²) < 4.78 is 5.70. The van der Waals surface area contributed by atoms with Crippen molar-refractivity contribution < 1.29 is 39.5 Å². The van der Waals surface area contributed by atoms with Crippen molar-refractivity contribution in [2.75, 3.05) is 41.3 Å². The van der Waals surface area contributed by atoms with Gasteiger partial charge >= 0.3 is 0 Å². The molecule has 12 heteroatoms. The molecule has 12 nitrogen and oxygen atoms in total. The van der Waals surface area contributed by atoms with Gasteiger partial charge in [0.15, 0.2) is 5.60 Å². The number of ether oxygens (including phenoxy) is 1. The first-order chi connectivity index (χ1) is 21.7. The predicted octanol–water partition coefficient (Wildman–Crippen LogP) is 1.86. The zero-order valence-corrected chi connectivity index (χ0v) is 26.3. The van der Waals surface area contributed by atoms with Gasteiger partial charge in [0.25, 0.3) is 11.8 Å². The molecule has 5 atom stereocenters. The highest BCUT2D eigenvalue weighted by atomic mass is 16.8. The van der Waals surface area contributed by atoms with E-state index in [-0.39, 0.29) is 35.6 Å². The number of phenolic OH excluding ortho intramolecular Hbond substituents is 1. The number of amides is 2. The second-order valence-electron chi connectivity index (χ2n) is 13.2. The number of primary amides is 1. The molecule has 244 valence electrons. The first kappa shape index (κ1) is 31.7. The highest BCUT2D eigenvalue weighted by Crippen LogP contribution is 2.67. The minimum Gasteiger partial charge on any atom is -0.510 e. The number of unbranched alkanes of at least 4 members (excludes halogenated alkanes) is 1. The number of nitrogens with one attached hydrogen (secondary N) is 1. The Morgan fingerprint density at radius 1 is 1.09 bits per heavy atom. The lowest BCUT2D eigenvalue weighted by atomic mass is 9.58. The summed E-state index contributed by atoms with van der Waals surface area (Å²) in [5.74, 6) is -6.96. The van der Waals surface area contributed by atoms with Gasteiger partial charge in [-0.15, -0.1) is 0 Å². The predicted molar refractivity (Wildman–Crippen MR) is 169 cm³/mol. The zero-order valence-electron chi connectivity index (χ0n) is 26.3. The average molecular weight is 633 g/mol. The maximum absolute atomic E-state index is 14.3. The number of hydrogen-bond donors (Lipinski definition) is 6. The van der Waals surface area contributed by atoms with Gasteiger partial charge in [0.2, 0.25) is 11.6 Å². The van der Waals surface area contributed by atoms with E-state index in [2.05, 4.69) is 10.2 Å². The lowest BCUT2D eigenvalue weighted by molar-refractivity contribution is -0.127. The molecule has 1 heterocycles. The Bertz CT molecular complexity index is 1710. The van der Waals surface area contributed by atoms with Crippen LogP contribution in [0, 0.1) is 11.8 Å². The van der Waals surface area contributed by atoms with E-state index >= 15 is 0 Å². The van der Waals surface area contributed by atoms with E-state index in [1.165, 1.54) is 6.07 Å². The number of aliphatic hydroxyl groups excluding tert-OH is 2. The Balaban J connectivity index is 1.37. The minimum atomic E-state index is -2.44. The molecule has 1 unspecified atom stereocenters. The summed E-state index contributed by atoms with van der Waals surface area (Å²) in [5.41, 5.74) is 5.52. The van der Waals surface area contributed by atoms with Crippen LogP contribution in [0.4, 0.5) is 0 Å². The number of hydrogen-bond acceptors (Lipinski definition) is 10. The van der Waals surface area contributed by atoms with Crippen LogP contribution >= 0.6 is 0 Å². The first-order valence-corrected chi connectivity index (χ1v) is 15.4. The Labute approximate surface area is 266 Å². The quantitative estimate of drug-likeness (QED) is 0.176. The molecule has 3 aliphatic carbocycles. The molecular weight excluding hydrogens is 592 g/mol. The summed E-state index contributed by atoms with van der Waals surface area (Å²) >= 11 is 0. The van der Waals surface area contributed by atoms with E-state index < -0.39 is 58.0 Å². The van der Waals surface area contributed by atoms with Gasteiger partial charge in [-0.05, 0) is 101 Å². The van der Waals surface area contributed by atoms with Gasteiger partial charge in [0.05, 0.1) is 11.6 Å². The topological polar surface area (TPSA) is 189 Å². The van der Waals surface area contributed by atoms with Crippen molar-refractivity contribution >= 4 is 23.4 Å². The van der Waals surface area contributed by atoms with Crippen LogP contribution in [0.3, 0.4) is 0 Å². The van der Waals surface area contributed by atoms with Gasteiger partial charge in [-0.25, -0.2) is 0 Å². The smallest absolute Gasteiger partial charge is 0.253 e. The van der Waals surface area contributed by atoms with Gasteiger partial charge in [0.1, 0.15) is 22.8 Å². The monoisotopic (exact) mass is 632 g/mol. The average Bonchev–Trinajstić information content (AvgIpc) is 3.62. The first-order valence-electron chi connectivity index (χ1n) is 15.4. The van der Waals surface area contributed by atoms with Crippen LogP contribution in [0.25, 0.3) is 16.9 Å². The zero-order chi connectivity index (χ0) is 33.3. The highest BCUT2D eigenvalue weighted by Gasteiger charge is 2.85. The van der Waals surface area contributed by atoms with Gasteiger partial charge < -0.3 is 41.1 Å². The molecule has 4 aliphatic rings. The number of likely N-dealkylation sites (N-methyl/N-ethyl adjacent to an activating group) is 1. The molecule has 1 saturated heterocycles. The SMILES string of the molecule is CN(C)CCCCNC(=O)c1cccc(-c2ccc(O)c3c2C[C@H]2C[C@H]4[C@H](N(C)C)C(O)=C(C(N)=O)C5(O)O[C@]45C(=O)C2=C3O)c1. The van der Waals surface area contributed by atoms with Crippen LogP contribution in [0.2, 0.25) is 0 Å². The van der Waals surface area contributed by atoms with Crippen LogP contribution in [0.15, 0.2) is 53.3 Å². The summed E-state index contributed by atoms with van der Waals surface area (Å²) in [5, 5.41) is 48.1. The number of aromatic hydroxyl groups is 1. The Morgan fingerprint density at radius 2 is 1.83 bits per heavy atom. The molecular formula is C34H40N4O8. The van der Waals surface area contributed by atoms with E-state index in [9.17, 15) is 34.8 Å². The number of aliphatic hydroxyl groups is 3. The third-order valence-corrected chi connectivity index (χ3v) is 9.87. The number of fused-ring (bicyclic) bond motifs is 2. The Morgan fingerprint density at radius 3 is 2.50 bits per heavy atom. The van der Waals surface area contributed by atoms with Crippen molar-refractivity contribution in [2.24, 2.45) is 17.6 Å². The molecule has 0 bridgehead atoms. The largest absolute Gasteiger partial charge is 0.510 e. The fourth-order valence-electron chi connectivity index (χ4n) is 7.81. The molecule has 2 aromatic rings. The van der Waals surface area contributed by atoms with E-state index in [0.29, 0.717) is 28.8 Å². The number of nitrogens with zero attached hydrogens (tertiary/aromatic N) is 2. The van der Waals surface area contributed by atoms with Gasteiger partial charge in [-0.1, -0.05) is 18.2 Å². The summed E-state index contributed by atoms with van der Waals surface area (Å²) in [7, 11) is 7.36. The normalized spacial score (nSPS) is 28.1. The standard InChI is InChI=1S/C34H40N4O8/c1-37(2)13-6-5-12-36-32(44)18-9-7-8-17(14-18)20-10-11-23(39)25-21(20)15-19-16-22-27(38(3)4)29(41)26(31(35)43)34(45)33(22,46-34)30(42)24(19)28(25)40/h7-11,14,19,22,27,39-41,45H,5-6,12-13,15-16H2,1-4H3,(H2,35,43)(H,36,44)/t19-,22-,27-,33-,34?/m0/s1. The molecule has 0 aromatic heterocycles. The van der Waals surface area contributed by atoms with Crippen LogP contribution in [-0.2, 0) is 20.7 Å². The van der Waals surface area contributed by atoms with Crippen molar-refractivity contribution in [1.82, 2.24) is 15.1 Å². The van der Waals surface area contributed by atoms with Crippen molar-refractivity contribution in [1.29, 1.82) is 0 Å². The lowest BCUT2D eigenvalue weighted by Crippen LogP contribution is -2.60. The van der Waals surface area contributed by atoms with Crippen LogP contribution < -0.4 is 11.1 Å². The fourth-order valence-corrected chi connectivity index (χ4v) is 7.81. The van der Waals surface area contributed by atoms with Gasteiger partial charge in [-0.2, -0.15) is 0 Å². The second kappa shape index (κ2) is 11.2. The Hall–Kier alpha value is -4.23. The fraction of sp³-hybridized carbons (Fsp3) is 0.441. The third-order valence-electron chi connectivity index (χ3n) is 9.87. The minimum absolute atomic E-state index is 0.0164. The third kappa shape index (κ3) is 4.62. The molecule has 1 saturated carbocycles. The number of phenols is 1. The molecule has 7 N–H and O–H groups in total. The summed E-state index contributed by atoms with van der Waals surface area (Å²) in [6, 6.07) is 9.37. The number of benzene rings is 2. The van der Waals surface area contributed by atoms with E-state index in [4.69, 9.17) is 10.5 Å². The van der Waals surface area contributed by atoms with Crippen molar-refractivity contribution in [3.8, 4) is 16.9 Å². The number of epoxide rings is 1. The van der Waals surface area contributed by atoms with E-state index in [0.717, 1.165) is 19.4 Å². The van der Waals surface area contributed by atoms with Crippen molar-refractivity contribution in [3.05, 3.63) is 70.0 Å². The molecule has 2 amide bonds. The maximum atomic E-state index is 14.3. The van der Waals surface area contributed by atoms with Crippen LogP contribution in [-0.4, -0.2) is 107 Å². The summed E-state index contributed by atoms with van der Waals surface area (Å²) in [4.78, 5) is 43.3. The van der Waals surface area contributed by atoms with Gasteiger partial charge in [0, 0.05) is 23.6 Å². The van der Waals surface area contributed by atoms with Crippen LogP contribution in [0.5, 0.6) is 5.75 Å². The molecule has 6 rings (SSSR count). The number of nitrogens with two attached hydrogens (primary N) is 1. The highest BCUT2D eigenvalue weighted by molar-refractivity contribution is 6.14. The molecule has 0 radical (unpaired) electrons. The molecule has 46 heavy (non-hydrogen) atoms. The molecule has 2 fully saturated rings. The number of rotatable bonds is 9. The number of carbonyl (C=O) groups is 3. The summed E-state index contributed by atoms with van der Waals surface area (Å²) in [6.45, 7) is 1.48. The Kier molecular flexibility index (Phi) is 7.75. The molecule has 1 spiro atoms. The van der Waals surface area contributed by atoms with Gasteiger partial charge in [-0.3, -0.25) is 19.3 Å². The number of ketones is 1. The van der Waals surface area contributed by atoms with E-state index in [1.54, 1.807) is 43.3 Å². The molecule has 2 aromatic carbocycles. The number of carbonyl (C=O) groups excluding carboxylic acids is 3. The summed E-state index contributed by atoms with van der Waals surface area (Å²) in [6.07, 6.45) is 2.25.